The Hall–Kier alpha value is -1.77. The number of anilines is 1. The molecule has 3 heterocycles. The number of hydrogen-bond donors (Lipinski definition) is 0. The van der Waals surface area contributed by atoms with Crippen molar-refractivity contribution in [3.63, 3.8) is 0 Å². The highest BCUT2D eigenvalue weighted by molar-refractivity contribution is 5.49. The molecular formula is C18H28FN3O4. The van der Waals surface area contributed by atoms with Crippen molar-refractivity contribution in [3.8, 4) is 0 Å². The predicted octanol–water partition coefficient (Wildman–Crippen LogP) is 1.46. The minimum Gasteiger partial charge on any atom is -0.380 e. The molecule has 2 aliphatic rings. The van der Waals surface area contributed by atoms with Crippen LogP contribution in [0.15, 0.2) is 12.3 Å². The van der Waals surface area contributed by atoms with Gasteiger partial charge < -0.3 is 24.0 Å². The number of rotatable bonds is 5. The lowest BCUT2D eigenvalue weighted by Crippen LogP contribution is -2.68. The van der Waals surface area contributed by atoms with Crippen molar-refractivity contribution >= 4 is 12.1 Å². The first-order valence-electron chi connectivity index (χ1n) is 8.74. The Bertz CT molecular complexity index is 598. The molecule has 1 atom stereocenters. The quantitative estimate of drug-likeness (QED) is 0.578. The first-order valence-corrected chi connectivity index (χ1v) is 8.74. The highest BCUT2D eigenvalue weighted by Crippen LogP contribution is 2.35. The van der Waals surface area contributed by atoms with Gasteiger partial charge in [0.1, 0.15) is 5.60 Å². The minimum absolute atomic E-state index is 0.0547. The molecule has 146 valence electrons. The number of carbonyl (C=O) groups excluding carboxylic acids is 1. The standard InChI is InChI=1S/C14H19FN2O3.C4H9NO/c1-10-14(8-19-9-14)20-4-3-17(10)12-5-11(7-18-2)6-16-13(12)15;1-3-5(2)4-6/h5-6,10H,3-4,7-9H2,1-2H3;4H,3H2,1-2H3. The summed E-state index contributed by atoms with van der Waals surface area (Å²) in [6, 6.07) is 1.86. The van der Waals surface area contributed by atoms with Gasteiger partial charge in [-0.1, -0.05) is 0 Å². The van der Waals surface area contributed by atoms with Gasteiger partial charge in [0.2, 0.25) is 12.4 Å². The largest absolute Gasteiger partial charge is 0.380 e. The van der Waals surface area contributed by atoms with Crippen LogP contribution in [0.1, 0.15) is 19.4 Å². The number of nitrogens with zero attached hydrogens (tertiary/aromatic N) is 3. The third kappa shape index (κ3) is 4.49. The minimum atomic E-state index is -0.450. The molecule has 3 rings (SSSR count). The molecule has 0 radical (unpaired) electrons. The molecule has 1 amide bonds. The number of halogens is 1. The second-order valence-corrected chi connectivity index (χ2v) is 6.54. The van der Waals surface area contributed by atoms with Gasteiger partial charge in [-0.15, -0.1) is 0 Å². The number of methoxy groups -OCH3 is 1. The van der Waals surface area contributed by atoms with E-state index in [0.29, 0.717) is 38.7 Å². The van der Waals surface area contributed by atoms with Gasteiger partial charge in [-0.25, -0.2) is 4.98 Å². The number of hydrogen-bond acceptors (Lipinski definition) is 6. The summed E-state index contributed by atoms with van der Waals surface area (Å²) in [5.41, 5.74) is 1.07. The summed E-state index contributed by atoms with van der Waals surface area (Å²) < 4.78 is 30.3. The molecule has 1 spiro atoms. The number of morpholine rings is 1. The fraction of sp³-hybridized carbons (Fsp3) is 0.667. The molecular weight excluding hydrogens is 341 g/mol. The van der Waals surface area contributed by atoms with Gasteiger partial charge in [0.25, 0.3) is 0 Å². The van der Waals surface area contributed by atoms with Gasteiger partial charge in [-0.2, -0.15) is 4.39 Å². The van der Waals surface area contributed by atoms with E-state index in [2.05, 4.69) is 4.98 Å². The summed E-state index contributed by atoms with van der Waals surface area (Å²) in [4.78, 5) is 17.1. The Morgan fingerprint density at radius 2 is 2.27 bits per heavy atom. The first-order chi connectivity index (χ1) is 12.5. The molecule has 8 heteroatoms. The van der Waals surface area contributed by atoms with Gasteiger partial charge >= 0.3 is 0 Å². The molecule has 2 aliphatic heterocycles. The summed E-state index contributed by atoms with van der Waals surface area (Å²) in [7, 11) is 3.36. The van der Waals surface area contributed by atoms with E-state index < -0.39 is 5.95 Å². The van der Waals surface area contributed by atoms with Gasteiger partial charge in [-0.05, 0) is 25.5 Å². The fourth-order valence-electron chi connectivity index (χ4n) is 2.90. The Labute approximate surface area is 154 Å². The molecule has 2 fully saturated rings. The first kappa shape index (κ1) is 20.5. The van der Waals surface area contributed by atoms with Gasteiger partial charge in [0.05, 0.1) is 38.2 Å². The lowest BCUT2D eigenvalue weighted by atomic mass is 9.90. The zero-order valence-electron chi connectivity index (χ0n) is 15.9. The molecule has 0 N–H and O–H groups in total. The Morgan fingerprint density at radius 3 is 2.77 bits per heavy atom. The molecule has 1 aromatic heterocycles. The van der Waals surface area contributed by atoms with E-state index in [1.807, 2.05) is 18.7 Å². The van der Waals surface area contributed by atoms with Crippen LogP contribution in [0.25, 0.3) is 0 Å². The Balaban J connectivity index is 0.000000352. The molecule has 0 saturated carbocycles. The van der Waals surface area contributed by atoms with Crippen LogP contribution in [0.4, 0.5) is 10.1 Å². The number of ether oxygens (including phenoxy) is 3. The zero-order valence-corrected chi connectivity index (χ0v) is 15.9. The Kier molecular flexibility index (Phi) is 7.31. The average Bonchev–Trinajstić information content (AvgIpc) is 2.62. The molecule has 26 heavy (non-hydrogen) atoms. The Morgan fingerprint density at radius 1 is 1.54 bits per heavy atom. The van der Waals surface area contributed by atoms with Crippen LogP contribution in [0.2, 0.25) is 0 Å². The lowest BCUT2D eigenvalue weighted by Gasteiger charge is -2.53. The molecule has 0 aromatic carbocycles. The SMILES string of the molecule is CCN(C)C=O.COCc1cnc(F)c(N2CCOC3(COC3)C2C)c1. The third-order valence-corrected chi connectivity index (χ3v) is 4.82. The summed E-state index contributed by atoms with van der Waals surface area (Å²) in [6.07, 6.45) is 2.32. The fourth-order valence-corrected chi connectivity index (χ4v) is 2.90. The van der Waals surface area contributed by atoms with Crippen LogP contribution >= 0.6 is 0 Å². The normalized spacial score (nSPS) is 20.8. The highest BCUT2D eigenvalue weighted by Gasteiger charge is 2.50. The van der Waals surface area contributed by atoms with Crippen molar-refractivity contribution in [2.45, 2.75) is 32.1 Å². The maximum atomic E-state index is 14.1. The van der Waals surface area contributed by atoms with E-state index in [-0.39, 0.29) is 11.6 Å². The monoisotopic (exact) mass is 369 g/mol. The number of carbonyl (C=O) groups is 1. The molecule has 7 nitrogen and oxygen atoms in total. The third-order valence-electron chi connectivity index (χ3n) is 4.82. The van der Waals surface area contributed by atoms with Crippen LogP contribution < -0.4 is 4.90 Å². The summed E-state index contributed by atoms with van der Waals surface area (Å²) in [5.74, 6) is -0.450. The van der Waals surface area contributed by atoms with Crippen molar-refractivity contribution < 1.29 is 23.4 Å². The number of aromatic nitrogens is 1. The van der Waals surface area contributed by atoms with E-state index in [9.17, 15) is 9.18 Å². The second-order valence-electron chi connectivity index (χ2n) is 6.54. The number of pyridine rings is 1. The second kappa shape index (κ2) is 9.25. The summed E-state index contributed by atoms with van der Waals surface area (Å²) >= 11 is 0. The van der Waals surface area contributed by atoms with E-state index >= 15 is 0 Å². The lowest BCUT2D eigenvalue weighted by molar-refractivity contribution is -0.228. The van der Waals surface area contributed by atoms with Crippen molar-refractivity contribution in [3.05, 3.63) is 23.8 Å². The van der Waals surface area contributed by atoms with Crippen molar-refractivity contribution in [2.24, 2.45) is 0 Å². The van der Waals surface area contributed by atoms with Crippen LogP contribution in [0.5, 0.6) is 0 Å². The van der Waals surface area contributed by atoms with Gasteiger partial charge in [0.15, 0.2) is 0 Å². The zero-order chi connectivity index (χ0) is 19.2. The molecule has 0 bridgehead atoms. The van der Waals surface area contributed by atoms with Crippen LogP contribution in [-0.4, -0.2) is 75.0 Å². The highest BCUT2D eigenvalue weighted by atomic mass is 19.1. The van der Waals surface area contributed by atoms with E-state index in [1.54, 1.807) is 25.1 Å². The smallest absolute Gasteiger partial charge is 0.236 e. The summed E-state index contributed by atoms with van der Waals surface area (Å²) in [5, 5.41) is 0. The van der Waals surface area contributed by atoms with Crippen LogP contribution in [0.3, 0.4) is 0 Å². The average molecular weight is 369 g/mol. The maximum Gasteiger partial charge on any atom is 0.236 e. The molecule has 2 saturated heterocycles. The van der Waals surface area contributed by atoms with Crippen molar-refractivity contribution in [1.29, 1.82) is 0 Å². The topological polar surface area (TPSA) is 64.1 Å². The van der Waals surface area contributed by atoms with Crippen molar-refractivity contribution in [2.75, 3.05) is 52.0 Å². The van der Waals surface area contributed by atoms with Crippen molar-refractivity contribution in [1.82, 2.24) is 9.88 Å². The van der Waals surface area contributed by atoms with Crippen LogP contribution in [-0.2, 0) is 25.6 Å². The predicted molar refractivity (Wildman–Crippen MR) is 95.6 cm³/mol. The van der Waals surface area contributed by atoms with E-state index in [0.717, 1.165) is 18.5 Å². The molecule has 0 aliphatic carbocycles. The maximum absolute atomic E-state index is 14.1. The number of amides is 1. The van der Waals surface area contributed by atoms with Crippen LogP contribution in [0, 0.1) is 5.95 Å². The molecule has 1 aromatic rings. The van der Waals surface area contributed by atoms with E-state index in [4.69, 9.17) is 14.2 Å². The summed E-state index contributed by atoms with van der Waals surface area (Å²) in [6.45, 7) is 7.55. The molecule has 1 unspecified atom stereocenters. The van der Waals surface area contributed by atoms with Gasteiger partial charge in [0, 0.05) is 33.4 Å². The van der Waals surface area contributed by atoms with Gasteiger partial charge in [-0.3, -0.25) is 4.79 Å². The van der Waals surface area contributed by atoms with E-state index in [1.165, 1.54) is 6.20 Å².